The van der Waals surface area contributed by atoms with Gasteiger partial charge in [0.05, 0.1) is 36.8 Å². The van der Waals surface area contributed by atoms with Crippen LogP contribution in [0.25, 0.3) is 0 Å². The van der Waals surface area contributed by atoms with Crippen LogP contribution in [0.3, 0.4) is 0 Å². The summed E-state index contributed by atoms with van der Waals surface area (Å²) in [6, 6.07) is 2.83. The number of aryl methyl sites for hydroxylation is 1. The van der Waals surface area contributed by atoms with Gasteiger partial charge in [0, 0.05) is 25.8 Å². The SMILES string of the molecule is Cc1cc(C(=O)c2c(Cl)c(Cl)c(Cl)c(Cl)c2C(=O)O)c(O)cc1N(C)C. The van der Waals surface area contributed by atoms with Crippen LogP contribution in [-0.2, 0) is 0 Å². The fraction of sp³-hybridized carbons (Fsp3) is 0.176. The molecule has 9 heteroatoms. The zero-order valence-electron chi connectivity index (χ0n) is 13.8. The Hall–Kier alpha value is -1.66. The van der Waals surface area contributed by atoms with E-state index in [9.17, 15) is 19.8 Å². The molecule has 0 aromatic heterocycles. The number of halogens is 4. The Morgan fingerprint density at radius 1 is 0.923 bits per heavy atom. The smallest absolute Gasteiger partial charge is 0.338 e. The summed E-state index contributed by atoms with van der Waals surface area (Å²) < 4.78 is 0. The number of ketones is 1. The molecule has 0 saturated heterocycles. The molecule has 0 spiro atoms. The van der Waals surface area contributed by atoms with E-state index in [1.165, 1.54) is 12.1 Å². The number of carbonyl (C=O) groups is 2. The number of rotatable bonds is 4. The second kappa shape index (κ2) is 7.53. The summed E-state index contributed by atoms with van der Waals surface area (Å²) >= 11 is 23.9. The number of phenols is 1. The van der Waals surface area contributed by atoms with E-state index < -0.39 is 27.9 Å². The van der Waals surface area contributed by atoms with Crippen LogP contribution < -0.4 is 4.90 Å². The Bertz CT molecular complexity index is 941. The van der Waals surface area contributed by atoms with Crippen molar-refractivity contribution < 1.29 is 19.8 Å². The molecule has 2 aromatic rings. The first-order valence-corrected chi connectivity index (χ1v) is 8.65. The molecule has 0 fully saturated rings. The molecule has 26 heavy (non-hydrogen) atoms. The van der Waals surface area contributed by atoms with Gasteiger partial charge in [0.25, 0.3) is 0 Å². The van der Waals surface area contributed by atoms with E-state index in [1.54, 1.807) is 25.9 Å². The normalized spacial score (nSPS) is 10.7. The number of nitrogens with zero attached hydrogens (tertiary/aromatic N) is 1. The highest BCUT2D eigenvalue weighted by Crippen LogP contribution is 2.43. The summed E-state index contributed by atoms with van der Waals surface area (Å²) in [7, 11) is 3.56. The monoisotopic (exact) mass is 435 g/mol. The highest BCUT2D eigenvalue weighted by Gasteiger charge is 2.30. The maximum Gasteiger partial charge on any atom is 0.338 e. The topological polar surface area (TPSA) is 77.8 Å². The van der Waals surface area contributed by atoms with E-state index in [-0.39, 0.29) is 26.4 Å². The van der Waals surface area contributed by atoms with Crippen molar-refractivity contribution in [3.05, 3.63) is 54.5 Å². The van der Waals surface area contributed by atoms with Crippen LogP contribution in [0.5, 0.6) is 5.75 Å². The third kappa shape index (κ3) is 3.45. The Morgan fingerprint density at radius 2 is 1.42 bits per heavy atom. The molecule has 0 amide bonds. The van der Waals surface area contributed by atoms with Crippen molar-refractivity contribution in [3.63, 3.8) is 0 Å². The number of carboxylic acids is 1. The molecule has 0 aliphatic rings. The average Bonchev–Trinajstić information content (AvgIpc) is 2.56. The van der Waals surface area contributed by atoms with Gasteiger partial charge in [-0.25, -0.2) is 4.79 Å². The minimum Gasteiger partial charge on any atom is -0.507 e. The molecule has 0 radical (unpaired) electrons. The molecular weight excluding hydrogens is 424 g/mol. The van der Waals surface area contributed by atoms with Gasteiger partial charge in [-0.1, -0.05) is 46.4 Å². The van der Waals surface area contributed by atoms with Crippen molar-refractivity contribution >= 4 is 63.8 Å². The summed E-state index contributed by atoms with van der Waals surface area (Å²) in [5.74, 6) is -2.67. The van der Waals surface area contributed by atoms with Crippen LogP contribution in [0, 0.1) is 6.92 Å². The highest BCUT2D eigenvalue weighted by molar-refractivity contribution is 6.54. The van der Waals surface area contributed by atoms with E-state index >= 15 is 0 Å². The van der Waals surface area contributed by atoms with E-state index in [4.69, 9.17) is 46.4 Å². The molecule has 0 unspecified atom stereocenters. The quantitative estimate of drug-likeness (QED) is 0.385. The molecule has 0 aliphatic heterocycles. The lowest BCUT2D eigenvalue weighted by molar-refractivity contribution is 0.0693. The van der Waals surface area contributed by atoms with Gasteiger partial charge in [0.15, 0.2) is 5.78 Å². The van der Waals surface area contributed by atoms with Crippen molar-refractivity contribution in [2.75, 3.05) is 19.0 Å². The lowest BCUT2D eigenvalue weighted by Gasteiger charge is -2.18. The summed E-state index contributed by atoms with van der Waals surface area (Å²) in [5.41, 5.74) is 0.230. The Kier molecular flexibility index (Phi) is 5.98. The van der Waals surface area contributed by atoms with E-state index in [1.807, 2.05) is 0 Å². The molecule has 0 bridgehead atoms. The number of anilines is 1. The van der Waals surface area contributed by atoms with E-state index in [2.05, 4.69) is 0 Å². The molecule has 2 aromatic carbocycles. The van der Waals surface area contributed by atoms with Crippen molar-refractivity contribution in [2.45, 2.75) is 6.92 Å². The third-order valence-electron chi connectivity index (χ3n) is 3.75. The van der Waals surface area contributed by atoms with Gasteiger partial charge in [-0.05, 0) is 18.6 Å². The number of hydrogen-bond acceptors (Lipinski definition) is 4. The van der Waals surface area contributed by atoms with Gasteiger partial charge in [-0.15, -0.1) is 0 Å². The summed E-state index contributed by atoms with van der Waals surface area (Å²) in [4.78, 5) is 26.4. The molecule has 2 rings (SSSR count). The Labute approximate surface area is 169 Å². The first kappa shape index (κ1) is 20.6. The molecule has 2 N–H and O–H groups in total. The Balaban J connectivity index is 2.80. The number of benzene rings is 2. The molecular formula is C17H13Cl4NO4. The van der Waals surface area contributed by atoms with Gasteiger partial charge in [0.2, 0.25) is 0 Å². The zero-order valence-corrected chi connectivity index (χ0v) is 16.8. The molecule has 138 valence electrons. The lowest BCUT2D eigenvalue weighted by Crippen LogP contribution is -2.14. The second-order valence-corrected chi connectivity index (χ2v) is 7.20. The number of hydrogen-bond donors (Lipinski definition) is 2. The molecule has 0 aliphatic carbocycles. The van der Waals surface area contributed by atoms with Crippen LogP contribution in [0.1, 0.15) is 31.8 Å². The number of phenolic OH excluding ortho intramolecular Hbond substituents is 1. The Morgan fingerprint density at radius 3 is 1.88 bits per heavy atom. The van der Waals surface area contributed by atoms with Gasteiger partial charge in [-0.2, -0.15) is 0 Å². The van der Waals surface area contributed by atoms with E-state index in [0.717, 1.165) is 0 Å². The number of carbonyl (C=O) groups excluding carboxylic acids is 1. The minimum absolute atomic E-state index is 0.132. The van der Waals surface area contributed by atoms with Crippen LogP contribution in [0.15, 0.2) is 12.1 Å². The third-order valence-corrected chi connectivity index (χ3v) is 5.55. The second-order valence-electron chi connectivity index (χ2n) is 5.69. The van der Waals surface area contributed by atoms with Crippen LogP contribution >= 0.6 is 46.4 Å². The standard InChI is InChI=1S/C17H13Cl4NO4/c1-6-4-7(9(23)5-8(6)22(2)3)16(24)10-11(17(25)26)13(19)15(21)14(20)12(10)18/h4-5,23H,1-3H3,(H,25,26). The fourth-order valence-electron chi connectivity index (χ4n) is 2.53. The van der Waals surface area contributed by atoms with Gasteiger partial charge in [0.1, 0.15) is 5.75 Å². The fourth-order valence-corrected chi connectivity index (χ4v) is 3.55. The maximum absolute atomic E-state index is 13.0. The molecule has 0 saturated carbocycles. The molecule has 5 nitrogen and oxygen atoms in total. The molecule has 0 heterocycles. The first-order valence-electron chi connectivity index (χ1n) is 7.13. The predicted octanol–water partition coefficient (Wildman–Crippen LogP) is 5.31. The first-order chi connectivity index (χ1) is 12.0. The summed E-state index contributed by atoms with van der Waals surface area (Å²) in [5, 5.41) is 18.5. The van der Waals surface area contributed by atoms with Crippen molar-refractivity contribution in [3.8, 4) is 5.75 Å². The lowest BCUT2D eigenvalue weighted by atomic mass is 9.95. The van der Waals surface area contributed by atoms with Crippen LogP contribution in [-0.4, -0.2) is 36.1 Å². The van der Waals surface area contributed by atoms with Gasteiger partial charge >= 0.3 is 5.97 Å². The van der Waals surface area contributed by atoms with E-state index in [0.29, 0.717) is 11.3 Å². The zero-order chi connectivity index (χ0) is 19.9. The predicted molar refractivity (Wildman–Crippen MR) is 104 cm³/mol. The van der Waals surface area contributed by atoms with Crippen molar-refractivity contribution in [2.24, 2.45) is 0 Å². The number of aromatic hydroxyl groups is 1. The maximum atomic E-state index is 13.0. The summed E-state index contributed by atoms with van der Waals surface area (Å²) in [6.45, 7) is 1.74. The average molecular weight is 437 g/mol. The number of aromatic carboxylic acids is 1. The van der Waals surface area contributed by atoms with Crippen molar-refractivity contribution in [1.82, 2.24) is 0 Å². The number of carboxylic acid groups (broad SMARTS) is 1. The van der Waals surface area contributed by atoms with Crippen LogP contribution in [0.2, 0.25) is 20.1 Å². The largest absolute Gasteiger partial charge is 0.507 e. The van der Waals surface area contributed by atoms with Crippen LogP contribution in [0.4, 0.5) is 5.69 Å². The highest BCUT2D eigenvalue weighted by atomic mass is 35.5. The minimum atomic E-state index is -1.50. The summed E-state index contributed by atoms with van der Waals surface area (Å²) in [6.07, 6.45) is 0. The van der Waals surface area contributed by atoms with Gasteiger partial charge in [-0.3, -0.25) is 4.79 Å². The molecule has 0 atom stereocenters. The van der Waals surface area contributed by atoms with Gasteiger partial charge < -0.3 is 15.1 Å². The van der Waals surface area contributed by atoms with Crippen molar-refractivity contribution in [1.29, 1.82) is 0 Å².